The predicted molar refractivity (Wildman–Crippen MR) is 65.2 cm³/mol. The fraction of sp³-hybridized carbons (Fsp3) is 0.923. The van der Waals surface area contributed by atoms with Gasteiger partial charge in [0.2, 0.25) is 5.91 Å². The summed E-state index contributed by atoms with van der Waals surface area (Å²) in [7, 11) is 2.00. The number of amides is 1. The molecule has 1 unspecified atom stereocenters. The van der Waals surface area contributed by atoms with Crippen molar-refractivity contribution < 1.29 is 4.79 Å². The zero-order chi connectivity index (χ0) is 11.6. The van der Waals surface area contributed by atoms with Crippen molar-refractivity contribution in [2.45, 2.75) is 51.5 Å². The summed E-state index contributed by atoms with van der Waals surface area (Å²) in [5.74, 6) is 0.353. The van der Waals surface area contributed by atoms with Gasteiger partial charge < -0.3 is 10.2 Å². The molecule has 0 aromatic heterocycles. The first-order chi connectivity index (χ1) is 7.63. The van der Waals surface area contributed by atoms with Gasteiger partial charge in [0.15, 0.2) is 0 Å². The van der Waals surface area contributed by atoms with Crippen molar-refractivity contribution in [2.24, 2.45) is 5.41 Å². The van der Waals surface area contributed by atoms with Gasteiger partial charge >= 0.3 is 0 Å². The molecule has 1 heterocycles. The molecular weight excluding hydrogens is 200 g/mol. The van der Waals surface area contributed by atoms with Gasteiger partial charge in [0, 0.05) is 19.6 Å². The number of nitrogens with zero attached hydrogens (tertiary/aromatic N) is 1. The van der Waals surface area contributed by atoms with Crippen LogP contribution in [0.3, 0.4) is 0 Å². The van der Waals surface area contributed by atoms with Gasteiger partial charge in [-0.15, -0.1) is 0 Å². The Balaban J connectivity index is 1.99. The molecule has 0 spiro atoms. The summed E-state index contributed by atoms with van der Waals surface area (Å²) in [5, 5.41) is 3.35. The van der Waals surface area contributed by atoms with E-state index in [1.807, 2.05) is 11.9 Å². The highest BCUT2D eigenvalue weighted by Gasteiger charge is 2.38. The molecule has 0 bridgehead atoms. The van der Waals surface area contributed by atoms with Gasteiger partial charge in [0.1, 0.15) is 0 Å². The molecule has 3 heteroatoms. The summed E-state index contributed by atoms with van der Waals surface area (Å²) in [6.45, 7) is 4.03. The fourth-order valence-electron chi connectivity index (χ4n) is 3.12. The molecule has 1 atom stereocenters. The van der Waals surface area contributed by atoms with Crippen LogP contribution in [0.5, 0.6) is 0 Å². The Morgan fingerprint density at radius 2 is 2.00 bits per heavy atom. The van der Waals surface area contributed by atoms with E-state index in [9.17, 15) is 4.79 Å². The molecule has 1 aliphatic carbocycles. The quantitative estimate of drug-likeness (QED) is 0.775. The van der Waals surface area contributed by atoms with E-state index < -0.39 is 0 Å². The van der Waals surface area contributed by atoms with Crippen molar-refractivity contribution in [1.82, 2.24) is 10.2 Å². The van der Waals surface area contributed by atoms with Crippen LogP contribution < -0.4 is 5.32 Å². The Hall–Kier alpha value is -0.570. The van der Waals surface area contributed by atoms with Crippen LogP contribution in [0.15, 0.2) is 0 Å². The minimum Gasteiger partial charge on any atom is -0.342 e. The Morgan fingerprint density at radius 1 is 1.31 bits per heavy atom. The van der Waals surface area contributed by atoms with E-state index >= 15 is 0 Å². The van der Waals surface area contributed by atoms with E-state index in [0.717, 1.165) is 25.9 Å². The average Bonchev–Trinajstić information content (AvgIpc) is 2.81. The molecule has 1 saturated carbocycles. The average molecular weight is 224 g/mol. The van der Waals surface area contributed by atoms with Crippen LogP contribution in [-0.2, 0) is 4.79 Å². The van der Waals surface area contributed by atoms with Gasteiger partial charge in [-0.1, -0.05) is 12.8 Å². The van der Waals surface area contributed by atoms with E-state index in [1.165, 1.54) is 25.7 Å². The van der Waals surface area contributed by atoms with Crippen molar-refractivity contribution in [2.75, 3.05) is 20.1 Å². The van der Waals surface area contributed by atoms with E-state index in [-0.39, 0.29) is 5.41 Å². The molecule has 3 nitrogen and oxygen atoms in total. The third kappa shape index (κ3) is 2.24. The normalized spacial score (nSPS) is 31.6. The summed E-state index contributed by atoms with van der Waals surface area (Å²) >= 11 is 0. The number of nitrogens with one attached hydrogen (secondary N) is 1. The summed E-state index contributed by atoms with van der Waals surface area (Å²) in [5.41, 5.74) is -0.157. The van der Waals surface area contributed by atoms with E-state index in [4.69, 9.17) is 0 Å². The van der Waals surface area contributed by atoms with Crippen molar-refractivity contribution in [3.05, 3.63) is 0 Å². The lowest BCUT2D eigenvalue weighted by atomic mass is 9.81. The molecule has 2 rings (SSSR count). The fourth-order valence-corrected chi connectivity index (χ4v) is 3.12. The summed E-state index contributed by atoms with van der Waals surface area (Å²) < 4.78 is 0. The first-order valence-corrected chi connectivity index (χ1v) is 6.61. The topological polar surface area (TPSA) is 32.3 Å². The standard InChI is InChI=1S/C13H24N2O/c1-13(8-5-9-14-10-13)12(16)15(2)11-6-3-4-7-11/h11,14H,3-10H2,1-2H3. The van der Waals surface area contributed by atoms with Crippen molar-refractivity contribution in [3.63, 3.8) is 0 Å². The van der Waals surface area contributed by atoms with Gasteiger partial charge in [-0.25, -0.2) is 0 Å². The van der Waals surface area contributed by atoms with Crippen molar-refractivity contribution in [1.29, 1.82) is 0 Å². The van der Waals surface area contributed by atoms with Gasteiger partial charge in [0.05, 0.1) is 5.41 Å². The molecule has 2 aliphatic rings. The summed E-state index contributed by atoms with van der Waals surface area (Å²) in [6, 6.07) is 0.506. The monoisotopic (exact) mass is 224 g/mol. The zero-order valence-electron chi connectivity index (χ0n) is 10.6. The molecule has 1 aliphatic heterocycles. The highest BCUT2D eigenvalue weighted by atomic mass is 16.2. The maximum Gasteiger partial charge on any atom is 0.229 e. The molecule has 1 N–H and O–H groups in total. The number of rotatable bonds is 2. The van der Waals surface area contributed by atoms with Gasteiger partial charge in [-0.3, -0.25) is 4.79 Å². The maximum absolute atomic E-state index is 12.5. The maximum atomic E-state index is 12.5. The van der Waals surface area contributed by atoms with Crippen LogP contribution in [-0.4, -0.2) is 37.0 Å². The van der Waals surface area contributed by atoms with Crippen molar-refractivity contribution >= 4 is 5.91 Å². The van der Waals surface area contributed by atoms with Crippen LogP contribution in [0.25, 0.3) is 0 Å². The predicted octanol–water partition coefficient (Wildman–Crippen LogP) is 1.78. The van der Waals surface area contributed by atoms with Crippen molar-refractivity contribution in [3.8, 4) is 0 Å². The van der Waals surface area contributed by atoms with Crippen LogP contribution >= 0.6 is 0 Å². The minimum absolute atomic E-state index is 0.157. The Morgan fingerprint density at radius 3 is 2.56 bits per heavy atom. The van der Waals surface area contributed by atoms with Crippen LogP contribution in [0.1, 0.15) is 45.4 Å². The minimum atomic E-state index is -0.157. The van der Waals surface area contributed by atoms with Gasteiger partial charge in [0.25, 0.3) is 0 Å². The molecule has 1 saturated heterocycles. The molecule has 92 valence electrons. The number of hydrogen-bond acceptors (Lipinski definition) is 2. The highest BCUT2D eigenvalue weighted by Crippen LogP contribution is 2.31. The zero-order valence-corrected chi connectivity index (χ0v) is 10.6. The molecule has 0 radical (unpaired) electrons. The summed E-state index contributed by atoms with van der Waals surface area (Å²) in [4.78, 5) is 14.5. The highest BCUT2D eigenvalue weighted by molar-refractivity contribution is 5.82. The largest absolute Gasteiger partial charge is 0.342 e. The number of carbonyl (C=O) groups is 1. The lowest BCUT2D eigenvalue weighted by molar-refractivity contribution is -0.143. The van der Waals surface area contributed by atoms with Gasteiger partial charge in [-0.05, 0) is 39.2 Å². The number of carbonyl (C=O) groups excluding carboxylic acids is 1. The first-order valence-electron chi connectivity index (χ1n) is 6.61. The molecule has 0 aromatic carbocycles. The Bertz CT molecular complexity index is 253. The van der Waals surface area contributed by atoms with E-state index in [0.29, 0.717) is 11.9 Å². The lowest BCUT2D eigenvalue weighted by Crippen LogP contribution is -2.51. The SMILES string of the molecule is CN(C(=O)C1(C)CCCNC1)C1CCCC1. The molecule has 1 amide bonds. The third-order valence-electron chi connectivity index (χ3n) is 4.31. The number of piperidine rings is 1. The first kappa shape index (κ1) is 11.9. The second-order valence-corrected chi connectivity index (χ2v) is 5.70. The Labute approximate surface area is 98.6 Å². The molecule has 16 heavy (non-hydrogen) atoms. The summed E-state index contributed by atoms with van der Waals surface area (Å²) in [6.07, 6.45) is 7.14. The second kappa shape index (κ2) is 4.74. The second-order valence-electron chi connectivity index (χ2n) is 5.70. The van der Waals surface area contributed by atoms with Gasteiger partial charge in [-0.2, -0.15) is 0 Å². The molecular formula is C13H24N2O. The van der Waals surface area contributed by atoms with E-state index in [1.54, 1.807) is 0 Å². The van der Waals surface area contributed by atoms with Crippen LogP contribution in [0.2, 0.25) is 0 Å². The molecule has 2 fully saturated rings. The number of hydrogen-bond donors (Lipinski definition) is 1. The Kier molecular flexibility index (Phi) is 3.53. The van der Waals surface area contributed by atoms with Crippen LogP contribution in [0, 0.1) is 5.41 Å². The van der Waals surface area contributed by atoms with Crippen LogP contribution in [0.4, 0.5) is 0 Å². The lowest BCUT2D eigenvalue weighted by Gasteiger charge is -2.38. The smallest absolute Gasteiger partial charge is 0.229 e. The van der Waals surface area contributed by atoms with E-state index in [2.05, 4.69) is 12.2 Å². The molecule has 0 aromatic rings. The third-order valence-corrected chi connectivity index (χ3v) is 4.31.